The monoisotopic (exact) mass is 355 g/mol. The number of fused-ring (bicyclic) bond motifs is 1. The minimum Gasteiger partial charge on any atom is -0.493 e. The van der Waals surface area contributed by atoms with Crippen molar-refractivity contribution in [3.63, 3.8) is 0 Å². The van der Waals surface area contributed by atoms with Gasteiger partial charge in [0, 0.05) is 22.9 Å². The second kappa shape index (κ2) is 7.42. The minimum absolute atomic E-state index is 0.127. The van der Waals surface area contributed by atoms with Gasteiger partial charge in [0.1, 0.15) is 12.3 Å². The molecule has 1 amide bonds. The van der Waals surface area contributed by atoms with Crippen LogP contribution in [0.2, 0.25) is 0 Å². The molecule has 3 heterocycles. The summed E-state index contributed by atoms with van der Waals surface area (Å²) in [4.78, 5) is 16.9. The fourth-order valence-corrected chi connectivity index (χ4v) is 4.12. The number of benzene rings is 1. The van der Waals surface area contributed by atoms with Crippen LogP contribution >= 0.6 is 11.3 Å². The number of nitrogens with zero attached hydrogens (tertiary/aromatic N) is 1. The molecule has 1 aromatic carbocycles. The van der Waals surface area contributed by atoms with Crippen molar-refractivity contribution in [1.82, 2.24) is 4.90 Å². The fraction of sp³-hybridized carbons (Fsp3) is 0.350. The van der Waals surface area contributed by atoms with E-state index in [-0.39, 0.29) is 5.91 Å². The van der Waals surface area contributed by atoms with Crippen molar-refractivity contribution in [3.8, 4) is 5.75 Å². The number of nitrogens with one attached hydrogen (secondary N) is 1. The zero-order valence-corrected chi connectivity index (χ0v) is 15.1. The van der Waals surface area contributed by atoms with Crippen LogP contribution in [0.15, 0.2) is 41.8 Å². The highest BCUT2D eigenvalue weighted by molar-refractivity contribution is 7.10. The van der Waals surface area contributed by atoms with Crippen LogP contribution in [-0.4, -0.2) is 43.6 Å². The SMILES string of the molecule is O=C(/C=C/c1cccs1)N1CC[NH+](Cc2ccc3c(c2)CCO3)CC1. The predicted molar refractivity (Wildman–Crippen MR) is 100.0 cm³/mol. The van der Waals surface area contributed by atoms with E-state index in [0.717, 1.165) is 56.4 Å². The first-order chi connectivity index (χ1) is 12.3. The first kappa shape index (κ1) is 16.4. The first-order valence-corrected chi connectivity index (χ1v) is 9.74. The van der Waals surface area contributed by atoms with Crippen LogP contribution in [-0.2, 0) is 17.8 Å². The lowest BCUT2D eigenvalue weighted by atomic mass is 10.1. The molecule has 5 heteroatoms. The van der Waals surface area contributed by atoms with Gasteiger partial charge in [-0.2, -0.15) is 0 Å². The topological polar surface area (TPSA) is 34.0 Å². The standard InChI is InChI=1S/C20H22N2O2S/c23-20(6-4-18-2-1-13-25-18)22-10-8-21(9-11-22)15-16-3-5-19-17(14-16)7-12-24-19/h1-6,13-14H,7-12,15H2/p+1/b6-4+. The number of ether oxygens (including phenoxy) is 1. The van der Waals surface area contributed by atoms with E-state index in [1.54, 1.807) is 22.3 Å². The Labute approximate surface area is 152 Å². The van der Waals surface area contributed by atoms with Crippen molar-refractivity contribution in [1.29, 1.82) is 0 Å². The van der Waals surface area contributed by atoms with Gasteiger partial charge >= 0.3 is 0 Å². The number of piperazine rings is 1. The van der Waals surface area contributed by atoms with Gasteiger partial charge in [-0.05, 0) is 41.3 Å². The third-order valence-corrected chi connectivity index (χ3v) is 5.76. The van der Waals surface area contributed by atoms with Crippen molar-refractivity contribution in [2.45, 2.75) is 13.0 Å². The summed E-state index contributed by atoms with van der Waals surface area (Å²) in [6, 6.07) is 10.6. The van der Waals surface area contributed by atoms with Crippen LogP contribution < -0.4 is 9.64 Å². The van der Waals surface area contributed by atoms with Gasteiger partial charge in [0.25, 0.3) is 0 Å². The summed E-state index contributed by atoms with van der Waals surface area (Å²) in [6.07, 6.45) is 4.65. The summed E-state index contributed by atoms with van der Waals surface area (Å²) < 4.78 is 5.58. The van der Waals surface area contributed by atoms with Crippen LogP contribution in [0.3, 0.4) is 0 Å². The Balaban J connectivity index is 1.29. The lowest BCUT2D eigenvalue weighted by molar-refractivity contribution is -0.917. The average Bonchev–Trinajstić information content (AvgIpc) is 3.31. The predicted octanol–water partition coefficient (Wildman–Crippen LogP) is 1.62. The molecule has 130 valence electrons. The molecule has 1 fully saturated rings. The summed E-state index contributed by atoms with van der Waals surface area (Å²) in [6.45, 7) is 5.51. The van der Waals surface area contributed by atoms with Crippen molar-refractivity contribution < 1.29 is 14.4 Å². The molecule has 0 aliphatic carbocycles. The lowest BCUT2D eigenvalue weighted by Gasteiger charge is -2.31. The number of carbonyl (C=O) groups is 1. The lowest BCUT2D eigenvalue weighted by Crippen LogP contribution is -3.13. The average molecular weight is 355 g/mol. The highest BCUT2D eigenvalue weighted by Gasteiger charge is 2.23. The van der Waals surface area contributed by atoms with Crippen LogP contribution in [0.1, 0.15) is 16.0 Å². The van der Waals surface area contributed by atoms with E-state index in [4.69, 9.17) is 4.74 Å². The van der Waals surface area contributed by atoms with Crippen molar-refractivity contribution in [2.24, 2.45) is 0 Å². The van der Waals surface area contributed by atoms with Gasteiger partial charge in [0.2, 0.25) is 5.91 Å². The highest BCUT2D eigenvalue weighted by atomic mass is 32.1. The minimum atomic E-state index is 0.127. The molecule has 0 atom stereocenters. The van der Waals surface area contributed by atoms with Gasteiger partial charge in [-0.1, -0.05) is 6.07 Å². The van der Waals surface area contributed by atoms with E-state index in [0.29, 0.717) is 0 Å². The maximum absolute atomic E-state index is 12.3. The molecule has 0 radical (unpaired) electrons. The van der Waals surface area contributed by atoms with Crippen LogP contribution in [0.5, 0.6) is 5.75 Å². The molecule has 2 aliphatic rings. The smallest absolute Gasteiger partial charge is 0.247 e. The van der Waals surface area contributed by atoms with Crippen molar-refractivity contribution in [2.75, 3.05) is 32.8 Å². The number of hydrogen-bond acceptors (Lipinski definition) is 3. The van der Waals surface area contributed by atoms with Crippen LogP contribution in [0.25, 0.3) is 6.08 Å². The summed E-state index contributed by atoms with van der Waals surface area (Å²) in [5, 5.41) is 2.03. The van der Waals surface area contributed by atoms with E-state index in [1.807, 2.05) is 28.5 Å². The van der Waals surface area contributed by atoms with Crippen LogP contribution in [0, 0.1) is 0 Å². The molecule has 0 unspecified atom stereocenters. The molecule has 0 spiro atoms. The molecule has 1 saturated heterocycles. The Bertz CT molecular complexity index is 762. The Morgan fingerprint density at radius 3 is 2.96 bits per heavy atom. The quantitative estimate of drug-likeness (QED) is 0.846. The van der Waals surface area contributed by atoms with E-state index in [2.05, 4.69) is 18.2 Å². The molecular formula is C20H23N2O2S+. The van der Waals surface area contributed by atoms with E-state index < -0.39 is 0 Å². The molecule has 2 aromatic rings. The normalized spacial score (nSPS) is 17.7. The number of hydrogen-bond donors (Lipinski definition) is 1. The molecule has 1 N–H and O–H groups in total. The number of amides is 1. The zero-order valence-electron chi connectivity index (χ0n) is 14.2. The number of thiophene rings is 1. The summed E-state index contributed by atoms with van der Waals surface area (Å²) in [7, 11) is 0. The molecule has 0 bridgehead atoms. The maximum Gasteiger partial charge on any atom is 0.247 e. The zero-order chi connectivity index (χ0) is 17.1. The summed E-state index contributed by atoms with van der Waals surface area (Å²) in [5.41, 5.74) is 2.71. The second-order valence-corrected chi connectivity index (χ2v) is 7.62. The van der Waals surface area contributed by atoms with Crippen LogP contribution in [0.4, 0.5) is 0 Å². The van der Waals surface area contributed by atoms with Crippen molar-refractivity contribution >= 4 is 23.3 Å². The van der Waals surface area contributed by atoms with Gasteiger partial charge < -0.3 is 14.5 Å². The number of carbonyl (C=O) groups excluding carboxylic acids is 1. The Hall–Kier alpha value is -2.11. The van der Waals surface area contributed by atoms with E-state index in [1.165, 1.54) is 11.1 Å². The number of rotatable bonds is 4. The van der Waals surface area contributed by atoms with Gasteiger partial charge in [-0.25, -0.2) is 0 Å². The Morgan fingerprint density at radius 1 is 1.28 bits per heavy atom. The molecule has 4 nitrogen and oxygen atoms in total. The maximum atomic E-state index is 12.3. The molecule has 25 heavy (non-hydrogen) atoms. The molecule has 2 aliphatic heterocycles. The molecule has 0 saturated carbocycles. The van der Waals surface area contributed by atoms with Gasteiger partial charge in [-0.15, -0.1) is 11.3 Å². The van der Waals surface area contributed by atoms with Gasteiger partial charge in [0.05, 0.1) is 32.8 Å². The third-order valence-electron chi connectivity index (χ3n) is 4.92. The Morgan fingerprint density at radius 2 is 2.16 bits per heavy atom. The molecule has 4 rings (SSSR count). The first-order valence-electron chi connectivity index (χ1n) is 8.86. The summed E-state index contributed by atoms with van der Waals surface area (Å²) >= 11 is 1.65. The number of quaternary nitrogens is 1. The van der Waals surface area contributed by atoms with Gasteiger partial charge in [-0.3, -0.25) is 4.79 Å². The van der Waals surface area contributed by atoms with Crippen molar-refractivity contribution in [3.05, 3.63) is 57.8 Å². The molecular weight excluding hydrogens is 332 g/mol. The van der Waals surface area contributed by atoms with E-state index in [9.17, 15) is 4.79 Å². The van der Waals surface area contributed by atoms with Gasteiger partial charge in [0.15, 0.2) is 0 Å². The fourth-order valence-electron chi connectivity index (χ4n) is 3.50. The highest BCUT2D eigenvalue weighted by Crippen LogP contribution is 2.25. The second-order valence-electron chi connectivity index (χ2n) is 6.64. The van der Waals surface area contributed by atoms with E-state index >= 15 is 0 Å². The molecule has 1 aromatic heterocycles. The summed E-state index contributed by atoms with van der Waals surface area (Å²) in [5.74, 6) is 1.17. The third kappa shape index (κ3) is 3.94. The largest absolute Gasteiger partial charge is 0.493 e. The Kier molecular flexibility index (Phi) is 4.85.